The summed E-state index contributed by atoms with van der Waals surface area (Å²) >= 11 is 0. The van der Waals surface area contributed by atoms with Crippen molar-refractivity contribution in [2.45, 2.75) is 6.54 Å². The number of carbonyl (C=O) groups is 1. The summed E-state index contributed by atoms with van der Waals surface area (Å²) in [5.74, 6) is 8.94. The summed E-state index contributed by atoms with van der Waals surface area (Å²) in [5, 5.41) is 0. The molecule has 1 aromatic carbocycles. The Balaban J connectivity index is 2.18. The second-order valence-corrected chi connectivity index (χ2v) is 6.16. The smallest absolute Gasteiger partial charge is 0.265 e. The maximum Gasteiger partial charge on any atom is 0.265 e. The zero-order valence-corrected chi connectivity index (χ0v) is 12.6. The first-order valence-corrected chi connectivity index (χ1v) is 8.11. The van der Waals surface area contributed by atoms with E-state index in [-0.39, 0.29) is 16.6 Å². The highest BCUT2D eigenvalue weighted by atomic mass is 32.2. The van der Waals surface area contributed by atoms with Gasteiger partial charge in [-0.15, -0.1) is 10.7 Å². The highest BCUT2D eigenvalue weighted by Gasteiger charge is 2.09. The van der Waals surface area contributed by atoms with Gasteiger partial charge in [-0.05, 0) is 36.1 Å². The van der Waals surface area contributed by atoms with Gasteiger partial charge >= 0.3 is 0 Å². The number of amides is 1. The van der Waals surface area contributed by atoms with Crippen molar-refractivity contribution in [1.29, 1.82) is 0 Å². The molecule has 6 heteroatoms. The van der Waals surface area contributed by atoms with Crippen molar-refractivity contribution in [2.75, 3.05) is 10.6 Å². The van der Waals surface area contributed by atoms with E-state index in [1.54, 1.807) is 18.3 Å². The Morgan fingerprint density at radius 3 is 2.62 bits per heavy atom. The fourth-order valence-corrected chi connectivity index (χ4v) is 2.73. The summed E-state index contributed by atoms with van der Waals surface area (Å²) in [6.07, 6.45) is 5.63. The monoisotopic (exact) mass is 302 g/mol. The number of nitrogens with two attached hydrogens (primary N) is 1. The highest BCUT2D eigenvalue weighted by molar-refractivity contribution is 8.14. The molecular formula is C15H18N4OS. The molecule has 0 aliphatic heterocycles. The fourth-order valence-electron chi connectivity index (χ4n) is 1.89. The molecular weight excluding hydrogens is 284 g/mol. The van der Waals surface area contributed by atoms with Crippen molar-refractivity contribution < 1.29 is 4.79 Å². The van der Waals surface area contributed by atoms with E-state index in [4.69, 9.17) is 5.84 Å². The fraction of sp³-hybridized carbons (Fsp3) is 0.133. The minimum atomic E-state index is -0.293. The average molecular weight is 302 g/mol. The number of hydrogen-bond donors (Lipinski definition) is 2. The van der Waals surface area contributed by atoms with Crippen LogP contribution in [0.5, 0.6) is 0 Å². The molecule has 0 fully saturated rings. The predicted molar refractivity (Wildman–Crippen MR) is 89.2 cm³/mol. The Labute approximate surface area is 126 Å². The van der Waals surface area contributed by atoms with Crippen LogP contribution in [0.4, 0.5) is 5.69 Å². The van der Waals surface area contributed by atoms with Crippen molar-refractivity contribution >= 4 is 28.1 Å². The van der Waals surface area contributed by atoms with Gasteiger partial charge in [0.15, 0.2) is 0 Å². The Hall–Kier alpha value is -2.18. The van der Waals surface area contributed by atoms with Crippen LogP contribution in [0, 0.1) is 0 Å². The largest absolute Gasteiger partial charge is 0.317 e. The Morgan fingerprint density at radius 2 is 2.10 bits per heavy atom. The first-order valence-electron chi connectivity index (χ1n) is 6.35. The van der Waals surface area contributed by atoms with Gasteiger partial charge in [-0.25, -0.2) is 5.84 Å². The van der Waals surface area contributed by atoms with Crippen LogP contribution in [-0.2, 0) is 6.54 Å². The maximum atomic E-state index is 11.4. The molecule has 1 amide bonds. The third-order valence-corrected chi connectivity index (χ3v) is 4.08. The van der Waals surface area contributed by atoms with Crippen LogP contribution in [0.3, 0.4) is 0 Å². The van der Waals surface area contributed by atoms with Crippen LogP contribution < -0.4 is 15.6 Å². The van der Waals surface area contributed by atoms with E-state index < -0.39 is 0 Å². The average Bonchev–Trinajstić information content (AvgIpc) is 2.53. The zero-order valence-electron chi connectivity index (χ0n) is 11.8. The molecule has 1 atom stereocenters. The third-order valence-electron chi connectivity index (χ3n) is 2.98. The lowest BCUT2D eigenvalue weighted by Gasteiger charge is -2.25. The molecule has 0 spiro atoms. The second kappa shape index (κ2) is 7.01. The van der Waals surface area contributed by atoms with Crippen LogP contribution in [0.1, 0.15) is 15.9 Å². The van der Waals surface area contributed by atoms with Gasteiger partial charge in [0.25, 0.3) is 5.91 Å². The standard InChI is InChI=1S/C15H18N4OS/c1-21(2)19(14-4-3-9-17-10-14)11-12-5-7-13(8-6-12)15(20)18-16/h3-10H,1,11,16H2,2H3,(H,18,20). The second-order valence-electron chi connectivity index (χ2n) is 4.52. The third kappa shape index (κ3) is 3.90. The zero-order chi connectivity index (χ0) is 15.2. The summed E-state index contributed by atoms with van der Waals surface area (Å²) in [7, 11) is -0.177. The topological polar surface area (TPSA) is 71.2 Å². The molecule has 0 radical (unpaired) electrons. The number of nitrogens with one attached hydrogen (secondary N) is 1. The Morgan fingerprint density at radius 1 is 1.38 bits per heavy atom. The molecule has 0 aliphatic rings. The first-order chi connectivity index (χ1) is 10.1. The Bertz CT molecular complexity index is 628. The van der Waals surface area contributed by atoms with Crippen LogP contribution >= 0.6 is 10.7 Å². The lowest BCUT2D eigenvalue weighted by Crippen LogP contribution is -2.29. The SMILES string of the molecule is C=S(C)N(Cc1ccc(C(=O)NN)cc1)c1cccnc1. The van der Waals surface area contributed by atoms with Crippen LogP contribution in [0.15, 0.2) is 48.8 Å². The number of aromatic nitrogens is 1. The van der Waals surface area contributed by atoms with E-state index in [9.17, 15) is 4.79 Å². The van der Waals surface area contributed by atoms with E-state index in [2.05, 4.69) is 26.8 Å². The van der Waals surface area contributed by atoms with Gasteiger partial charge in [0, 0.05) is 11.8 Å². The van der Waals surface area contributed by atoms with Crippen LogP contribution in [0.25, 0.3) is 0 Å². The van der Waals surface area contributed by atoms with Gasteiger partial charge < -0.3 is 4.31 Å². The number of hydrazine groups is 1. The first kappa shape index (κ1) is 15.2. The number of hydrogen-bond acceptors (Lipinski definition) is 4. The summed E-state index contributed by atoms with van der Waals surface area (Å²) in [5.41, 5.74) is 4.78. The number of nitrogen functional groups attached to an aromatic ring is 1. The minimum absolute atomic E-state index is 0.177. The van der Waals surface area contributed by atoms with Crippen LogP contribution in [-0.4, -0.2) is 23.0 Å². The van der Waals surface area contributed by atoms with E-state index in [1.807, 2.05) is 30.5 Å². The molecule has 1 unspecified atom stereocenters. The van der Waals surface area contributed by atoms with Crippen molar-refractivity contribution in [2.24, 2.45) is 5.84 Å². The lowest BCUT2D eigenvalue weighted by molar-refractivity contribution is 0.0953. The molecule has 2 aromatic rings. The summed E-state index contributed by atoms with van der Waals surface area (Å²) in [6.45, 7) is 0.708. The molecule has 5 nitrogen and oxygen atoms in total. The van der Waals surface area contributed by atoms with Gasteiger partial charge in [0.05, 0.1) is 18.4 Å². The molecule has 0 saturated heterocycles. The molecule has 2 rings (SSSR count). The van der Waals surface area contributed by atoms with Crippen molar-refractivity contribution in [3.63, 3.8) is 0 Å². The van der Waals surface area contributed by atoms with E-state index in [0.29, 0.717) is 12.1 Å². The molecule has 21 heavy (non-hydrogen) atoms. The van der Waals surface area contributed by atoms with Gasteiger partial charge in [-0.1, -0.05) is 18.0 Å². The van der Waals surface area contributed by atoms with Crippen molar-refractivity contribution in [1.82, 2.24) is 10.4 Å². The number of nitrogens with zero attached hydrogens (tertiary/aromatic N) is 2. The molecule has 1 aromatic heterocycles. The van der Waals surface area contributed by atoms with Crippen molar-refractivity contribution in [3.05, 3.63) is 59.9 Å². The summed E-state index contributed by atoms with van der Waals surface area (Å²) in [6, 6.07) is 11.3. The number of rotatable bonds is 5. The molecule has 3 N–H and O–H groups in total. The highest BCUT2D eigenvalue weighted by Crippen LogP contribution is 2.25. The summed E-state index contributed by atoms with van der Waals surface area (Å²) < 4.78 is 2.17. The maximum absolute atomic E-state index is 11.4. The normalized spacial score (nSPS) is 11.7. The van der Waals surface area contributed by atoms with Crippen molar-refractivity contribution in [3.8, 4) is 0 Å². The van der Waals surface area contributed by atoms with Gasteiger partial charge in [-0.2, -0.15) is 0 Å². The van der Waals surface area contributed by atoms with Crippen LogP contribution in [0.2, 0.25) is 0 Å². The molecule has 110 valence electrons. The molecule has 0 aliphatic carbocycles. The van der Waals surface area contributed by atoms with E-state index >= 15 is 0 Å². The molecule has 0 saturated carbocycles. The molecule has 1 heterocycles. The minimum Gasteiger partial charge on any atom is -0.317 e. The van der Waals surface area contributed by atoms with Gasteiger partial charge in [0.1, 0.15) is 0 Å². The Kier molecular flexibility index (Phi) is 5.08. The lowest BCUT2D eigenvalue weighted by atomic mass is 10.1. The number of anilines is 1. The van der Waals surface area contributed by atoms with Gasteiger partial charge in [0.2, 0.25) is 0 Å². The van der Waals surface area contributed by atoms with Gasteiger partial charge in [-0.3, -0.25) is 15.2 Å². The quantitative estimate of drug-likeness (QED) is 0.383. The van der Waals surface area contributed by atoms with E-state index in [1.165, 1.54) is 0 Å². The predicted octanol–water partition coefficient (Wildman–Crippen LogP) is 1.94. The number of carbonyl (C=O) groups excluding carboxylic acids is 1. The number of benzene rings is 1. The summed E-state index contributed by atoms with van der Waals surface area (Å²) in [4.78, 5) is 15.6. The number of pyridine rings is 1. The molecule has 0 bridgehead atoms. The van der Waals surface area contributed by atoms with E-state index in [0.717, 1.165) is 11.3 Å².